The van der Waals surface area contributed by atoms with Crippen molar-refractivity contribution < 1.29 is 33.0 Å². The van der Waals surface area contributed by atoms with Gasteiger partial charge in [-0.2, -0.15) is 13.9 Å². The molecule has 0 radical (unpaired) electrons. The van der Waals surface area contributed by atoms with Crippen LogP contribution in [0.4, 0.5) is 14.5 Å². The Morgan fingerprint density at radius 1 is 1.25 bits per heavy atom. The molecule has 1 unspecified atom stereocenters. The second-order valence-corrected chi connectivity index (χ2v) is 9.55. The highest BCUT2D eigenvalue weighted by Crippen LogP contribution is 2.37. The number of carbonyl (C=O) groups excluding carboxylic acids is 1. The molecule has 1 aromatic carbocycles. The monoisotopic (exact) mass is 528 g/mol. The maximum atomic E-state index is 13.8. The predicted octanol–water partition coefficient (Wildman–Crippen LogP) is 4.04. The normalized spacial score (nSPS) is 16.8. The van der Waals surface area contributed by atoms with Crippen LogP contribution in [0, 0.1) is 5.92 Å². The lowest BCUT2D eigenvalue weighted by molar-refractivity contribution is -0.145. The Labute approximate surface area is 213 Å². The van der Waals surface area contributed by atoms with Crippen LogP contribution in [0.1, 0.15) is 38.3 Å². The molecule has 2 N–H and O–H groups in total. The number of aromatic nitrogens is 2. The van der Waals surface area contributed by atoms with E-state index in [9.17, 15) is 23.5 Å². The molecule has 3 rings (SSSR count). The zero-order valence-corrected chi connectivity index (χ0v) is 21.2. The van der Waals surface area contributed by atoms with Crippen LogP contribution in [-0.2, 0) is 19.9 Å². The number of halogens is 3. The van der Waals surface area contributed by atoms with Gasteiger partial charge in [0, 0.05) is 49.7 Å². The molecule has 12 heteroatoms. The number of piperidine rings is 1. The molecule has 198 valence electrons. The number of alkyl halides is 2. The van der Waals surface area contributed by atoms with Crippen LogP contribution in [0.15, 0.2) is 30.5 Å². The summed E-state index contributed by atoms with van der Waals surface area (Å²) in [5.74, 6) is -2.25. The molecule has 1 aliphatic heterocycles. The van der Waals surface area contributed by atoms with Gasteiger partial charge in [-0.25, -0.2) is 0 Å². The maximum Gasteiger partial charge on any atom is 0.387 e. The summed E-state index contributed by atoms with van der Waals surface area (Å²) in [4.78, 5) is 27.4. The van der Waals surface area contributed by atoms with Crippen LogP contribution in [-0.4, -0.2) is 71.6 Å². The van der Waals surface area contributed by atoms with Gasteiger partial charge in [0.2, 0.25) is 0 Å². The number of nitrogens with one attached hydrogen (secondary N) is 1. The Balaban J connectivity index is 1.91. The highest BCUT2D eigenvalue weighted by molar-refractivity contribution is 6.30. The Morgan fingerprint density at radius 2 is 1.94 bits per heavy atom. The van der Waals surface area contributed by atoms with Crippen LogP contribution < -0.4 is 10.1 Å². The SMILES string of the molecule is COCC(CN1CCC(C(=O)Nc2ccc(Cl)cc2OC(F)F)(n2nccc2C(C)C)CC1)C(=O)O. The molecular formula is C24H31ClF2N4O5. The molecular weight excluding hydrogens is 498 g/mol. The lowest BCUT2D eigenvalue weighted by atomic mass is 9.85. The van der Waals surface area contributed by atoms with Crippen LogP contribution in [0.3, 0.4) is 0 Å². The quantitative estimate of drug-likeness (QED) is 0.453. The summed E-state index contributed by atoms with van der Waals surface area (Å²) in [7, 11) is 1.45. The van der Waals surface area contributed by atoms with E-state index in [0.717, 1.165) is 5.69 Å². The number of hydrogen-bond acceptors (Lipinski definition) is 6. The molecule has 1 saturated heterocycles. The van der Waals surface area contributed by atoms with E-state index in [1.54, 1.807) is 10.9 Å². The lowest BCUT2D eigenvalue weighted by Crippen LogP contribution is -2.55. The summed E-state index contributed by atoms with van der Waals surface area (Å²) in [5, 5.41) is 16.9. The summed E-state index contributed by atoms with van der Waals surface area (Å²) >= 11 is 5.94. The van der Waals surface area contributed by atoms with Gasteiger partial charge in [0.05, 0.1) is 18.2 Å². The first-order chi connectivity index (χ1) is 17.1. The molecule has 2 heterocycles. The smallest absolute Gasteiger partial charge is 0.387 e. The number of aliphatic carboxylic acids is 1. The summed E-state index contributed by atoms with van der Waals surface area (Å²) in [5.41, 5.74) is -0.209. The molecule has 0 bridgehead atoms. The van der Waals surface area contributed by atoms with Crippen molar-refractivity contribution in [2.45, 2.75) is 44.8 Å². The van der Waals surface area contributed by atoms with Crippen molar-refractivity contribution in [3.05, 3.63) is 41.2 Å². The third-order valence-corrected chi connectivity index (χ3v) is 6.61. The van der Waals surface area contributed by atoms with Crippen LogP contribution in [0.2, 0.25) is 5.02 Å². The third-order valence-electron chi connectivity index (χ3n) is 6.38. The average molecular weight is 529 g/mol. The molecule has 36 heavy (non-hydrogen) atoms. The van der Waals surface area contributed by atoms with E-state index in [-0.39, 0.29) is 35.5 Å². The van der Waals surface area contributed by atoms with Gasteiger partial charge >= 0.3 is 12.6 Å². The molecule has 0 spiro atoms. The number of nitrogens with zero attached hydrogens (tertiary/aromatic N) is 3. The van der Waals surface area contributed by atoms with Crippen LogP contribution in [0.25, 0.3) is 0 Å². The molecule has 0 aliphatic carbocycles. The van der Waals surface area contributed by atoms with Gasteiger partial charge in [-0.3, -0.25) is 14.3 Å². The lowest BCUT2D eigenvalue weighted by Gasteiger charge is -2.42. The van der Waals surface area contributed by atoms with Gasteiger partial charge in [0.1, 0.15) is 5.54 Å². The highest BCUT2D eigenvalue weighted by Gasteiger charge is 2.46. The summed E-state index contributed by atoms with van der Waals surface area (Å²) in [6, 6.07) is 5.95. The van der Waals surface area contributed by atoms with Crippen LogP contribution in [0.5, 0.6) is 5.75 Å². The molecule has 1 fully saturated rings. The van der Waals surface area contributed by atoms with Crippen molar-refractivity contribution >= 4 is 29.2 Å². The Kier molecular flexibility index (Phi) is 9.26. The van der Waals surface area contributed by atoms with E-state index >= 15 is 0 Å². The van der Waals surface area contributed by atoms with Crippen molar-refractivity contribution in [1.82, 2.24) is 14.7 Å². The molecule has 1 amide bonds. The van der Waals surface area contributed by atoms with Crippen molar-refractivity contribution in [1.29, 1.82) is 0 Å². The number of carbonyl (C=O) groups is 2. The standard InChI is InChI=1S/C24H31ClF2N4O5/c1-15(2)19-6-9-28-31(19)24(7-10-30(11-8-24)13-16(14-35-3)21(32)33)22(34)29-18-5-4-17(25)12-20(18)36-23(26)27/h4-6,9,12,15-16,23H,7-8,10-11,13-14H2,1-3H3,(H,29,34)(H,32,33). The number of anilines is 1. The minimum absolute atomic E-state index is 0.0655. The van der Waals surface area contributed by atoms with Crippen molar-refractivity contribution in [3.63, 3.8) is 0 Å². The van der Waals surface area contributed by atoms with E-state index in [1.807, 2.05) is 24.8 Å². The van der Waals surface area contributed by atoms with Crippen LogP contribution >= 0.6 is 11.6 Å². The number of benzene rings is 1. The number of rotatable bonds is 11. The van der Waals surface area contributed by atoms with Gasteiger partial charge < -0.3 is 24.8 Å². The Hall–Kier alpha value is -2.76. The first-order valence-electron chi connectivity index (χ1n) is 11.6. The van der Waals surface area contributed by atoms with E-state index in [2.05, 4.69) is 15.2 Å². The zero-order valence-electron chi connectivity index (χ0n) is 20.4. The average Bonchev–Trinajstić information content (AvgIpc) is 3.31. The number of carboxylic acids is 1. The van der Waals surface area contributed by atoms with Crippen molar-refractivity contribution in [2.24, 2.45) is 5.92 Å². The number of amides is 1. The summed E-state index contributed by atoms with van der Waals surface area (Å²) in [6.07, 6.45) is 2.29. The van der Waals surface area contributed by atoms with Crippen molar-refractivity contribution in [2.75, 3.05) is 38.7 Å². The zero-order chi connectivity index (χ0) is 26.5. The third kappa shape index (κ3) is 6.32. The first kappa shape index (κ1) is 27.8. The molecule has 0 saturated carbocycles. The molecule has 1 aromatic heterocycles. The molecule has 1 aliphatic rings. The van der Waals surface area contributed by atoms with E-state index in [4.69, 9.17) is 16.3 Å². The van der Waals surface area contributed by atoms with Crippen molar-refractivity contribution in [3.8, 4) is 5.75 Å². The number of likely N-dealkylation sites (tertiary alicyclic amines) is 1. The largest absolute Gasteiger partial charge is 0.481 e. The summed E-state index contributed by atoms with van der Waals surface area (Å²) < 4.78 is 37.3. The molecule has 2 aromatic rings. The van der Waals surface area contributed by atoms with Gasteiger partial charge in [-0.1, -0.05) is 25.4 Å². The number of ether oxygens (including phenoxy) is 2. The van der Waals surface area contributed by atoms with Gasteiger partial charge in [-0.15, -0.1) is 0 Å². The number of methoxy groups -OCH3 is 1. The number of hydrogen-bond donors (Lipinski definition) is 2. The fourth-order valence-electron chi connectivity index (χ4n) is 4.50. The van der Waals surface area contributed by atoms with E-state index in [1.165, 1.54) is 25.3 Å². The minimum Gasteiger partial charge on any atom is -0.481 e. The predicted molar refractivity (Wildman–Crippen MR) is 130 cm³/mol. The molecule has 1 atom stereocenters. The highest BCUT2D eigenvalue weighted by atomic mass is 35.5. The summed E-state index contributed by atoms with van der Waals surface area (Å²) in [6.45, 7) is 2.11. The Bertz CT molecular complexity index is 1060. The Morgan fingerprint density at radius 3 is 2.53 bits per heavy atom. The second-order valence-electron chi connectivity index (χ2n) is 9.12. The number of carboxylic acid groups (broad SMARTS) is 1. The topological polar surface area (TPSA) is 106 Å². The fraction of sp³-hybridized carbons (Fsp3) is 0.542. The van der Waals surface area contributed by atoms with Gasteiger partial charge in [-0.05, 0) is 37.0 Å². The van der Waals surface area contributed by atoms with E-state index < -0.39 is 29.9 Å². The molecule has 9 nitrogen and oxygen atoms in total. The minimum atomic E-state index is -3.09. The second kappa shape index (κ2) is 12.0. The maximum absolute atomic E-state index is 13.8. The van der Waals surface area contributed by atoms with E-state index in [0.29, 0.717) is 25.9 Å². The van der Waals surface area contributed by atoms with Gasteiger partial charge in [0.25, 0.3) is 5.91 Å². The van der Waals surface area contributed by atoms with Gasteiger partial charge in [0.15, 0.2) is 5.75 Å². The fourth-order valence-corrected chi connectivity index (χ4v) is 4.66. The first-order valence-corrected chi connectivity index (χ1v) is 12.0.